The van der Waals surface area contributed by atoms with Crippen molar-refractivity contribution in [3.05, 3.63) is 52.8 Å². The van der Waals surface area contributed by atoms with Gasteiger partial charge >= 0.3 is 0 Å². The van der Waals surface area contributed by atoms with Crippen molar-refractivity contribution in [3.63, 3.8) is 0 Å². The molecular formula is C22H25N3O4S2. The first-order valence-corrected chi connectivity index (χ1v) is 12.4. The fourth-order valence-corrected chi connectivity index (χ4v) is 6.75. The van der Waals surface area contributed by atoms with Crippen molar-refractivity contribution in [3.8, 4) is 5.75 Å². The van der Waals surface area contributed by atoms with Crippen molar-refractivity contribution in [2.75, 3.05) is 13.7 Å². The number of carbonyl (C=O) groups excluding carboxylic acids is 1. The summed E-state index contributed by atoms with van der Waals surface area (Å²) in [6.45, 7) is 5.01. The van der Waals surface area contributed by atoms with Gasteiger partial charge in [-0.2, -0.15) is 9.30 Å². The number of aromatic nitrogens is 1. The van der Waals surface area contributed by atoms with Crippen LogP contribution in [-0.4, -0.2) is 42.9 Å². The second kappa shape index (κ2) is 8.57. The van der Waals surface area contributed by atoms with Crippen LogP contribution in [0.3, 0.4) is 0 Å². The first kappa shape index (κ1) is 21.7. The molecule has 0 aliphatic carbocycles. The second-order valence-electron chi connectivity index (χ2n) is 7.50. The molecule has 1 aromatic heterocycles. The van der Waals surface area contributed by atoms with Crippen molar-refractivity contribution in [1.29, 1.82) is 0 Å². The summed E-state index contributed by atoms with van der Waals surface area (Å²) in [5.74, 6) is 0.159. The third-order valence-electron chi connectivity index (χ3n) is 5.52. The standard InChI is InChI=1S/C22H25N3O4S2/c1-4-24-18-12-7-15(2)14-20(18)30-22(24)23-21(26)19-6-5-13-25(19)31(27,28)17-10-8-16(29-3)9-11-17/h7-12,14,19H,4-6,13H2,1-3H3/t19-/m0/s1. The molecule has 0 N–H and O–H groups in total. The third-order valence-corrected chi connectivity index (χ3v) is 8.48. The van der Waals surface area contributed by atoms with Gasteiger partial charge in [-0.1, -0.05) is 17.4 Å². The molecule has 9 heteroatoms. The number of benzene rings is 2. The van der Waals surface area contributed by atoms with Crippen molar-refractivity contribution < 1.29 is 17.9 Å². The zero-order valence-corrected chi connectivity index (χ0v) is 19.4. The molecule has 0 radical (unpaired) electrons. The maximum Gasteiger partial charge on any atom is 0.266 e. The average Bonchev–Trinajstić information content (AvgIpc) is 3.38. The van der Waals surface area contributed by atoms with E-state index in [0.717, 1.165) is 15.8 Å². The molecule has 1 atom stereocenters. The predicted octanol–water partition coefficient (Wildman–Crippen LogP) is 3.32. The summed E-state index contributed by atoms with van der Waals surface area (Å²) in [7, 11) is -2.28. The van der Waals surface area contributed by atoms with Crippen LogP contribution in [0, 0.1) is 6.92 Å². The van der Waals surface area contributed by atoms with Gasteiger partial charge in [-0.3, -0.25) is 4.79 Å². The summed E-state index contributed by atoms with van der Waals surface area (Å²) >= 11 is 1.45. The van der Waals surface area contributed by atoms with E-state index in [1.165, 1.54) is 34.9 Å². The third kappa shape index (κ3) is 4.05. The Morgan fingerprint density at radius 1 is 1.23 bits per heavy atom. The van der Waals surface area contributed by atoms with Gasteiger partial charge in [0.05, 0.1) is 22.2 Å². The van der Waals surface area contributed by atoms with Gasteiger partial charge in [0.2, 0.25) is 10.0 Å². The largest absolute Gasteiger partial charge is 0.497 e. The topological polar surface area (TPSA) is 81.0 Å². The number of thiazole rings is 1. The normalized spacial score (nSPS) is 18.0. The molecule has 7 nitrogen and oxygen atoms in total. The monoisotopic (exact) mass is 459 g/mol. The van der Waals surface area contributed by atoms with Crippen LogP contribution < -0.4 is 9.54 Å². The summed E-state index contributed by atoms with van der Waals surface area (Å²) in [6, 6.07) is 11.6. The molecule has 1 fully saturated rings. The molecule has 31 heavy (non-hydrogen) atoms. The van der Waals surface area contributed by atoms with E-state index in [4.69, 9.17) is 4.74 Å². The Bertz CT molecular complexity index is 1290. The van der Waals surface area contributed by atoms with E-state index < -0.39 is 22.0 Å². The molecule has 3 aromatic rings. The fraction of sp³-hybridized carbons (Fsp3) is 0.364. The molecule has 1 amide bonds. The molecule has 1 saturated heterocycles. The van der Waals surface area contributed by atoms with Crippen LogP contribution in [0.1, 0.15) is 25.3 Å². The lowest BCUT2D eigenvalue weighted by Crippen LogP contribution is -2.40. The molecule has 2 aromatic carbocycles. The highest BCUT2D eigenvalue weighted by molar-refractivity contribution is 7.89. The Morgan fingerprint density at radius 3 is 2.65 bits per heavy atom. The molecule has 2 heterocycles. The molecule has 4 rings (SSSR count). The second-order valence-corrected chi connectivity index (χ2v) is 10.4. The summed E-state index contributed by atoms with van der Waals surface area (Å²) in [5, 5.41) is 0. The van der Waals surface area contributed by atoms with Crippen LogP contribution in [0.25, 0.3) is 10.2 Å². The maximum atomic E-state index is 13.2. The Labute approximate surface area is 185 Å². The van der Waals surface area contributed by atoms with Crippen molar-refractivity contribution in [2.45, 2.75) is 44.2 Å². The fourth-order valence-electron chi connectivity index (χ4n) is 3.90. The van der Waals surface area contributed by atoms with Crippen molar-refractivity contribution in [2.24, 2.45) is 4.99 Å². The quantitative estimate of drug-likeness (QED) is 0.586. The summed E-state index contributed by atoms with van der Waals surface area (Å²) in [4.78, 5) is 18.2. The summed E-state index contributed by atoms with van der Waals surface area (Å²) in [5.41, 5.74) is 2.17. The highest BCUT2D eigenvalue weighted by Crippen LogP contribution is 2.28. The van der Waals surface area contributed by atoms with Gasteiger partial charge in [0.1, 0.15) is 11.8 Å². The maximum absolute atomic E-state index is 13.2. The van der Waals surface area contributed by atoms with Crippen molar-refractivity contribution in [1.82, 2.24) is 8.87 Å². The Balaban J connectivity index is 1.69. The summed E-state index contributed by atoms with van der Waals surface area (Å²) < 4.78 is 35.8. The number of methoxy groups -OCH3 is 1. The molecule has 0 saturated carbocycles. The van der Waals surface area contributed by atoms with Gasteiger partial charge < -0.3 is 9.30 Å². The van der Waals surface area contributed by atoms with Crippen LogP contribution in [0.15, 0.2) is 52.4 Å². The van der Waals surface area contributed by atoms with Gasteiger partial charge in [0, 0.05) is 13.1 Å². The number of sulfonamides is 1. The number of rotatable bonds is 5. The van der Waals surface area contributed by atoms with E-state index in [9.17, 15) is 13.2 Å². The zero-order valence-electron chi connectivity index (χ0n) is 17.7. The van der Waals surface area contributed by atoms with Crippen molar-refractivity contribution >= 4 is 37.5 Å². The highest BCUT2D eigenvalue weighted by atomic mass is 32.2. The predicted molar refractivity (Wildman–Crippen MR) is 121 cm³/mol. The van der Waals surface area contributed by atoms with Gasteiger partial charge in [0.15, 0.2) is 4.80 Å². The van der Waals surface area contributed by atoms with Crippen LogP contribution in [0.4, 0.5) is 0 Å². The van der Waals surface area contributed by atoms with Gasteiger partial charge in [-0.15, -0.1) is 0 Å². The Hall–Kier alpha value is -2.49. The number of amides is 1. The summed E-state index contributed by atoms with van der Waals surface area (Å²) in [6.07, 6.45) is 1.09. The molecule has 1 aliphatic heterocycles. The average molecular weight is 460 g/mol. The molecule has 164 valence electrons. The number of hydrogen-bond acceptors (Lipinski definition) is 5. The number of carbonyl (C=O) groups is 1. The van der Waals surface area contributed by atoms with Crippen LogP contribution in [0.2, 0.25) is 0 Å². The molecule has 0 spiro atoms. The Morgan fingerprint density at radius 2 is 1.97 bits per heavy atom. The van der Waals surface area contributed by atoms with Gasteiger partial charge in [0.25, 0.3) is 5.91 Å². The number of nitrogens with zero attached hydrogens (tertiary/aromatic N) is 3. The minimum absolute atomic E-state index is 0.147. The lowest BCUT2D eigenvalue weighted by atomic mass is 10.2. The van der Waals surface area contributed by atoms with E-state index in [0.29, 0.717) is 36.5 Å². The lowest BCUT2D eigenvalue weighted by molar-refractivity contribution is -0.121. The highest BCUT2D eigenvalue weighted by Gasteiger charge is 2.39. The number of ether oxygens (including phenoxy) is 1. The van der Waals surface area contributed by atoms with Crippen LogP contribution in [-0.2, 0) is 21.4 Å². The number of aryl methyl sites for hydroxylation is 2. The molecule has 1 aliphatic rings. The van der Waals surface area contributed by atoms with Gasteiger partial charge in [-0.25, -0.2) is 8.42 Å². The first-order valence-electron chi connectivity index (χ1n) is 10.2. The number of fused-ring (bicyclic) bond motifs is 1. The SMILES string of the molecule is CCn1c(=NC(=O)[C@@H]2CCCN2S(=O)(=O)c2ccc(OC)cc2)sc2cc(C)ccc21. The van der Waals surface area contributed by atoms with E-state index >= 15 is 0 Å². The molecule has 0 bridgehead atoms. The van der Waals surface area contributed by atoms with Gasteiger partial charge in [-0.05, 0) is 68.7 Å². The Kier molecular flexibility index (Phi) is 6.00. The minimum Gasteiger partial charge on any atom is -0.497 e. The number of hydrogen-bond donors (Lipinski definition) is 0. The van der Waals surface area contributed by atoms with E-state index in [2.05, 4.69) is 11.1 Å². The zero-order chi connectivity index (χ0) is 22.2. The van der Waals surface area contributed by atoms with E-state index in [1.54, 1.807) is 12.1 Å². The molecule has 0 unspecified atom stereocenters. The smallest absolute Gasteiger partial charge is 0.266 e. The van der Waals surface area contributed by atoms with E-state index in [1.807, 2.05) is 30.5 Å². The molecular weight excluding hydrogens is 434 g/mol. The lowest BCUT2D eigenvalue weighted by Gasteiger charge is -2.21. The first-order chi connectivity index (χ1) is 14.8. The van der Waals surface area contributed by atoms with Crippen LogP contribution in [0.5, 0.6) is 5.75 Å². The van der Waals surface area contributed by atoms with E-state index in [-0.39, 0.29) is 4.90 Å². The van der Waals surface area contributed by atoms with Crippen LogP contribution >= 0.6 is 11.3 Å². The minimum atomic E-state index is -3.80.